The van der Waals surface area contributed by atoms with Gasteiger partial charge in [-0.2, -0.15) is 0 Å². The molecular formula is C17H15ClN2O2. The first-order valence-electron chi connectivity index (χ1n) is 6.98. The summed E-state index contributed by atoms with van der Waals surface area (Å²) in [5, 5.41) is 3.80. The van der Waals surface area contributed by atoms with Gasteiger partial charge in [0.1, 0.15) is 11.8 Å². The first kappa shape index (κ1) is 14.6. The number of fused-ring (bicyclic) bond motifs is 1. The van der Waals surface area contributed by atoms with Crippen molar-refractivity contribution < 1.29 is 9.59 Å². The van der Waals surface area contributed by atoms with Gasteiger partial charge in [-0.15, -0.1) is 0 Å². The summed E-state index contributed by atoms with van der Waals surface area (Å²) in [6.07, 6.45) is 0. The molecule has 4 nitrogen and oxygen atoms in total. The average Bonchev–Trinajstić information content (AvgIpc) is 2.50. The van der Waals surface area contributed by atoms with Crippen molar-refractivity contribution in [3.8, 4) is 0 Å². The highest BCUT2D eigenvalue weighted by molar-refractivity contribution is 6.31. The SMILES string of the molecule is CC(=O)CN1C(=O)C(c2ccccc2)Nc2cc(Cl)ccc21. The van der Waals surface area contributed by atoms with Gasteiger partial charge in [0.25, 0.3) is 5.91 Å². The molecule has 112 valence electrons. The molecule has 1 amide bonds. The van der Waals surface area contributed by atoms with E-state index in [-0.39, 0.29) is 18.2 Å². The van der Waals surface area contributed by atoms with E-state index < -0.39 is 6.04 Å². The molecule has 3 rings (SSSR count). The Kier molecular flexibility index (Phi) is 3.86. The Morgan fingerprint density at radius 1 is 1.23 bits per heavy atom. The van der Waals surface area contributed by atoms with Gasteiger partial charge in [-0.1, -0.05) is 41.9 Å². The van der Waals surface area contributed by atoms with Gasteiger partial charge in [0.15, 0.2) is 0 Å². The third kappa shape index (κ3) is 2.70. The average molecular weight is 315 g/mol. The van der Waals surface area contributed by atoms with E-state index >= 15 is 0 Å². The second-order valence-corrected chi connectivity index (χ2v) is 5.71. The number of anilines is 2. The lowest BCUT2D eigenvalue weighted by Gasteiger charge is -2.35. The van der Waals surface area contributed by atoms with Crippen LogP contribution in [0.2, 0.25) is 5.02 Å². The van der Waals surface area contributed by atoms with E-state index in [1.807, 2.05) is 30.3 Å². The highest BCUT2D eigenvalue weighted by Crippen LogP contribution is 2.38. The maximum absolute atomic E-state index is 12.8. The van der Waals surface area contributed by atoms with Gasteiger partial charge < -0.3 is 10.2 Å². The van der Waals surface area contributed by atoms with Gasteiger partial charge in [0.05, 0.1) is 17.9 Å². The molecule has 1 heterocycles. The third-order valence-corrected chi connectivity index (χ3v) is 3.81. The van der Waals surface area contributed by atoms with Crippen LogP contribution in [-0.2, 0) is 9.59 Å². The van der Waals surface area contributed by atoms with Crippen LogP contribution >= 0.6 is 11.6 Å². The van der Waals surface area contributed by atoms with Crippen LogP contribution in [0.5, 0.6) is 0 Å². The van der Waals surface area contributed by atoms with Crippen LogP contribution in [-0.4, -0.2) is 18.2 Å². The molecule has 0 fully saturated rings. The number of ketones is 1. The molecule has 22 heavy (non-hydrogen) atoms. The van der Waals surface area contributed by atoms with Crippen LogP contribution in [0.1, 0.15) is 18.5 Å². The predicted octanol–water partition coefficient (Wildman–Crippen LogP) is 3.43. The molecule has 1 atom stereocenters. The molecule has 1 aliphatic heterocycles. The largest absolute Gasteiger partial charge is 0.368 e. The summed E-state index contributed by atoms with van der Waals surface area (Å²) >= 11 is 6.05. The summed E-state index contributed by atoms with van der Waals surface area (Å²) in [5.74, 6) is -0.209. The summed E-state index contributed by atoms with van der Waals surface area (Å²) in [6.45, 7) is 1.53. The number of carbonyl (C=O) groups is 2. The summed E-state index contributed by atoms with van der Waals surface area (Å²) < 4.78 is 0. The Morgan fingerprint density at radius 3 is 2.64 bits per heavy atom. The van der Waals surface area contributed by atoms with E-state index in [0.29, 0.717) is 10.7 Å². The Hall–Kier alpha value is -2.33. The summed E-state index contributed by atoms with van der Waals surface area (Å²) in [7, 11) is 0. The van der Waals surface area contributed by atoms with Crippen LogP contribution in [0.4, 0.5) is 11.4 Å². The second kappa shape index (κ2) is 5.81. The molecule has 1 aliphatic rings. The Bertz CT molecular complexity index is 731. The number of rotatable bonds is 3. The lowest BCUT2D eigenvalue weighted by Crippen LogP contribution is -2.44. The molecule has 1 N–H and O–H groups in total. The zero-order valence-electron chi connectivity index (χ0n) is 12.0. The molecule has 1 unspecified atom stereocenters. The maximum atomic E-state index is 12.8. The zero-order chi connectivity index (χ0) is 15.7. The molecule has 0 saturated heterocycles. The van der Waals surface area contributed by atoms with Gasteiger partial charge >= 0.3 is 0 Å². The van der Waals surface area contributed by atoms with Crippen molar-refractivity contribution in [1.82, 2.24) is 0 Å². The van der Waals surface area contributed by atoms with Gasteiger partial charge in [-0.3, -0.25) is 9.59 Å². The minimum atomic E-state index is -0.522. The first-order valence-corrected chi connectivity index (χ1v) is 7.36. The maximum Gasteiger partial charge on any atom is 0.254 e. The van der Waals surface area contributed by atoms with Crippen LogP contribution in [0.15, 0.2) is 48.5 Å². The van der Waals surface area contributed by atoms with E-state index in [4.69, 9.17) is 11.6 Å². The van der Waals surface area contributed by atoms with E-state index in [1.54, 1.807) is 18.2 Å². The van der Waals surface area contributed by atoms with Crippen molar-refractivity contribution in [2.45, 2.75) is 13.0 Å². The molecule has 2 aromatic rings. The summed E-state index contributed by atoms with van der Waals surface area (Å²) in [6, 6.07) is 14.2. The standard InChI is InChI=1S/C17H15ClN2O2/c1-11(21)10-20-15-8-7-13(18)9-14(15)19-16(17(20)22)12-5-3-2-4-6-12/h2-9,16,19H,10H2,1H3. The molecular weight excluding hydrogens is 300 g/mol. The van der Waals surface area contributed by atoms with Gasteiger partial charge in [-0.25, -0.2) is 0 Å². The molecule has 2 aromatic carbocycles. The van der Waals surface area contributed by atoms with E-state index in [0.717, 1.165) is 11.3 Å². The molecule has 0 aliphatic carbocycles. The summed E-state index contributed by atoms with van der Waals surface area (Å²) in [4.78, 5) is 25.8. The molecule has 0 saturated carbocycles. The molecule has 0 spiro atoms. The monoisotopic (exact) mass is 314 g/mol. The topological polar surface area (TPSA) is 49.4 Å². The lowest BCUT2D eigenvalue weighted by molar-refractivity contribution is -0.122. The number of amides is 1. The van der Waals surface area contributed by atoms with Crippen LogP contribution < -0.4 is 10.2 Å². The number of nitrogens with one attached hydrogen (secondary N) is 1. The normalized spacial score (nSPS) is 16.9. The fourth-order valence-electron chi connectivity index (χ4n) is 2.61. The number of nitrogens with zero attached hydrogens (tertiary/aromatic N) is 1. The predicted molar refractivity (Wildman–Crippen MR) is 87.3 cm³/mol. The molecule has 0 radical (unpaired) electrons. The fourth-order valence-corrected chi connectivity index (χ4v) is 2.78. The zero-order valence-corrected chi connectivity index (χ0v) is 12.8. The van der Waals surface area contributed by atoms with Crippen molar-refractivity contribution in [3.05, 3.63) is 59.1 Å². The number of hydrogen-bond acceptors (Lipinski definition) is 3. The second-order valence-electron chi connectivity index (χ2n) is 5.28. The summed E-state index contributed by atoms with van der Waals surface area (Å²) in [5.41, 5.74) is 2.28. The number of Topliss-reactive ketones (excluding diaryl/α,β-unsaturated/α-hetero) is 1. The number of hydrogen-bond donors (Lipinski definition) is 1. The highest BCUT2D eigenvalue weighted by Gasteiger charge is 2.33. The number of halogens is 1. The quantitative estimate of drug-likeness (QED) is 0.944. The van der Waals surface area contributed by atoms with Crippen molar-refractivity contribution in [3.63, 3.8) is 0 Å². The number of carbonyl (C=O) groups excluding carboxylic acids is 2. The molecule has 0 bridgehead atoms. The Balaban J connectivity index is 2.06. The van der Waals surface area contributed by atoms with Gasteiger partial charge in [0.2, 0.25) is 0 Å². The lowest BCUT2D eigenvalue weighted by atomic mass is 10.0. The molecule has 5 heteroatoms. The third-order valence-electron chi connectivity index (χ3n) is 3.58. The van der Waals surface area contributed by atoms with Crippen LogP contribution in [0.3, 0.4) is 0 Å². The van der Waals surface area contributed by atoms with Crippen molar-refractivity contribution in [2.75, 3.05) is 16.8 Å². The van der Waals surface area contributed by atoms with Gasteiger partial charge in [0, 0.05) is 5.02 Å². The van der Waals surface area contributed by atoms with Crippen molar-refractivity contribution in [2.24, 2.45) is 0 Å². The first-order chi connectivity index (χ1) is 10.6. The fraction of sp³-hybridized carbons (Fsp3) is 0.176. The van der Waals surface area contributed by atoms with Crippen LogP contribution in [0, 0.1) is 0 Å². The van der Waals surface area contributed by atoms with Crippen molar-refractivity contribution >= 4 is 34.7 Å². The van der Waals surface area contributed by atoms with Crippen molar-refractivity contribution in [1.29, 1.82) is 0 Å². The Labute approximate surface area is 133 Å². The van der Waals surface area contributed by atoms with E-state index in [9.17, 15) is 9.59 Å². The highest BCUT2D eigenvalue weighted by atomic mass is 35.5. The Morgan fingerprint density at radius 2 is 1.95 bits per heavy atom. The van der Waals surface area contributed by atoms with Crippen LogP contribution in [0.25, 0.3) is 0 Å². The van der Waals surface area contributed by atoms with E-state index in [1.165, 1.54) is 11.8 Å². The number of benzene rings is 2. The van der Waals surface area contributed by atoms with E-state index in [2.05, 4.69) is 5.32 Å². The minimum Gasteiger partial charge on any atom is -0.368 e. The minimum absolute atomic E-state index is 0.0540. The van der Waals surface area contributed by atoms with Gasteiger partial charge in [-0.05, 0) is 30.7 Å². The smallest absolute Gasteiger partial charge is 0.254 e. The molecule has 0 aromatic heterocycles.